The molecule has 134 valence electrons. The maximum Gasteiger partial charge on any atom is 0.356 e. The molecule has 0 bridgehead atoms. The molecule has 0 spiro atoms. The maximum absolute atomic E-state index is 13.8. The third-order valence-corrected chi connectivity index (χ3v) is 4.41. The molecule has 0 aliphatic heterocycles. The minimum Gasteiger partial charge on any atom is -0.464 e. The number of aliphatic hydroxyl groups is 1. The van der Waals surface area contributed by atoms with Gasteiger partial charge in [-0.25, -0.2) is 14.2 Å². The van der Waals surface area contributed by atoms with Gasteiger partial charge in [0.1, 0.15) is 5.82 Å². The van der Waals surface area contributed by atoms with Crippen LogP contribution in [0.3, 0.4) is 0 Å². The van der Waals surface area contributed by atoms with Gasteiger partial charge in [-0.15, -0.1) is 0 Å². The lowest BCUT2D eigenvalue weighted by Gasteiger charge is -2.16. The van der Waals surface area contributed by atoms with Crippen molar-refractivity contribution < 1.29 is 19.0 Å². The molecule has 2 aromatic carbocycles. The number of rotatable bonds is 5. The Kier molecular flexibility index (Phi) is 5.49. The summed E-state index contributed by atoms with van der Waals surface area (Å²) in [6, 6.07) is 13.0. The molecule has 2 N–H and O–H groups in total. The van der Waals surface area contributed by atoms with E-state index in [2.05, 4.69) is 26.2 Å². The third-order valence-electron chi connectivity index (χ3n) is 3.92. The number of anilines is 1. The number of methoxy groups -OCH3 is 1. The van der Waals surface area contributed by atoms with Crippen LogP contribution in [-0.2, 0) is 4.74 Å². The van der Waals surface area contributed by atoms with Crippen molar-refractivity contribution in [3.05, 3.63) is 70.1 Å². The molecule has 1 atom stereocenters. The van der Waals surface area contributed by atoms with Gasteiger partial charge < -0.3 is 15.2 Å². The molecular formula is C19H16BrFN2O3. The van der Waals surface area contributed by atoms with Gasteiger partial charge in [-0.1, -0.05) is 34.1 Å². The van der Waals surface area contributed by atoms with Gasteiger partial charge in [0.25, 0.3) is 0 Å². The first-order chi connectivity index (χ1) is 12.5. The van der Waals surface area contributed by atoms with Gasteiger partial charge in [0.05, 0.1) is 18.7 Å². The number of nitrogens with zero attached hydrogens (tertiary/aromatic N) is 1. The Morgan fingerprint density at radius 1 is 1.31 bits per heavy atom. The van der Waals surface area contributed by atoms with Gasteiger partial charge in [0.15, 0.2) is 5.69 Å². The first-order valence-corrected chi connectivity index (χ1v) is 8.64. The predicted octanol–water partition coefficient (Wildman–Crippen LogP) is 4.07. The summed E-state index contributed by atoms with van der Waals surface area (Å²) in [7, 11) is 1.28. The number of hydrogen-bond acceptors (Lipinski definition) is 5. The van der Waals surface area contributed by atoms with Crippen molar-refractivity contribution in [2.45, 2.75) is 6.10 Å². The highest BCUT2D eigenvalue weighted by Crippen LogP contribution is 2.28. The highest BCUT2D eigenvalue weighted by atomic mass is 79.9. The molecule has 0 fully saturated rings. The number of fused-ring (bicyclic) bond motifs is 1. The molecule has 3 rings (SSSR count). The zero-order chi connectivity index (χ0) is 18.7. The SMILES string of the molecule is COC(=O)c1cc(NCC(O)c2ccccc2F)c2cc(Br)ccc2n1. The molecule has 1 unspecified atom stereocenters. The highest BCUT2D eigenvalue weighted by Gasteiger charge is 2.15. The van der Waals surface area contributed by atoms with E-state index in [0.717, 1.165) is 9.86 Å². The highest BCUT2D eigenvalue weighted by molar-refractivity contribution is 9.10. The second kappa shape index (κ2) is 7.80. The van der Waals surface area contributed by atoms with E-state index in [1.165, 1.54) is 19.2 Å². The van der Waals surface area contributed by atoms with E-state index in [-0.39, 0.29) is 17.8 Å². The third kappa shape index (κ3) is 3.84. The van der Waals surface area contributed by atoms with E-state index in [9.17, 15) is 14.3 Å². The minimum atomic E-state index is -1.05. The fourth-order valence-corrected chi connectivity index (χ4v) is 2.98. The Hall–Kier alpha value is -2.51. The van der Waals surface area contributed by atoms with Crippen LogP contribution in [0.25, 0.3) is 10.9 Å². The molecule has 5 nitrogen and oxygen atoms in total. The van der Waals surface area contributed by atoms with Crippen LogP contribution in [-0.4, -0.2) is 29.7 Å². The lowest BCUT2D eigenvalue weighted by Crippen LogP contribution is -2.14. The zero-order valence-electron chi connectivity index (χ0n) is 13.9. The second-order valence-electron chi connectivity index (χ2n) is 5.63. The number of halogens is 2. The van der Waals surface area contributed by atoms with Crippen molar-refractivity contribution in [2.24, 2.45) is 0 Å². The van der Waals surface area contributed by atoms with E-state index in [4.69, 9.17) is 4.74 Å². The van der Waals surface area contributed by atoms with Crippen molar-refractivity contribution in [3.8, 4) is 0 Å². The van der Waals surface area contributed by atoms with Crippen molar-refractivity contribution in [2.75, 3.05) is 19.0 Å². The van der Waals surface area contributed by atoms with Crippen LogP contribution >= 0.6 is 15.9 Å². The Balaban J connectivity index is 1.94. The Bertz CT molecular complexity index is 965. The van der Waals surface area contributed by atoms with Crippen LogP contribution in [0, 0.1) is 5.82 Å². The fraction of sp³-hybridized carbons (Fsp3) is 0.158. The molecular weight excluding hydrogens is 403 g/mol. The lowest BCUT2D eigenvalue weighted by atomic mass is 10.1. The number of aromatic nitrogens is 1. The van der Waals surface area contributed by atoms with Crippen LogP contribution in [0.4, 0.5) is 10.1 Å². The molecule has 7 heteroatoms. The summed E-state index contributed by atoms with van der Waals surface area (Å²) >= 11 is 3.41. The predicted molar refractivity (Wildman–Crippen MR) is 101 cm³/mol. The molecule has 0 radical (unpaired) electrons. The summed E-state index contributed by atoms with van der Waals surface area (Å²) in [5.41, 5.74) is 1.53. The van der Waals surface area contributed by atoms with E-state index < -0.39 is 17.9 Å². The smallest absolute Gasteiger partial charge is 0.356 e. The number of pyridine rings is 1. The minimum absolute atomic E-state index is 0.0627. The zero-order valence-corrected chi connectivity index (χ0v) is 15.5. The number of carbonyl (C=O) groups is 1. The van der Waals surface area contributed by atoms with Crippen molar-refractivity contribution >= 4 is 38.5 Å². The molecule has 0 aliphatic rings. The van der Waals surface area contributed by atoms with Crippen LogP contribution in [0.1, 0.15) is 22.2 Å². The van der Waals surface area contributed by atoms with Gasteiger partial charge >= 0.3 is 5.97 Å². The largest absolute Gasteiger partial charge is 0.464 e. The van der Waals surface area contributed by atoms with E-state index in [1.807, 2.05) is 12.1 Å². The summed E-state index contributed by atoms with van der Waals surface area (Å²) in [5, 5.41) is 14.1. The molecule has 26 heavy (non-hydrogen) atoms. The summed E-state index contributed by atoms with van der Waals surface area (Å²) in [4.78, 5) is 16.1. The Labute approximate surface area is 158 Å². The van der Waals surface area contributed by atoms with Crippen LogP contribution < -0.4 is 5.32 Å². The number of benzene rings is 2. The van der Waals surface area contributed by atoms with Gasteiger partial charge in [-0.3, -0.25) is 0 Å². The van der Waals surface area contributed by atoms with E-state index in [1.54, 1.807) is 24.3 Å². The van der Waals surface area contributed by atoms with Gasteiger partial charge in [0, 0.05) is 27.7 Å². The van der Waals surface area contributed by atoms with Crippen LogP contribution in [0.15, 0.2) is 53.0 Å². The summed E-state index contributed by atoms with van der Waals surface area (Å²) in [6.45, 7) is 0.0627. The van der Waals surface area contributed by atoms with Crippen LogP contribution in [0.2, 0.25) is 0 Å². The lowest BCUT2D eigenvalue weighted by molar-refractivity contribution is 0.0594. The van der Waals surface area contributed by atoms with Gasteiger partial charge in [-0.2, -0.15) is 0 Å². The van der Waals surface area contributed by atoms with E-state index >= 15 is 0 Å². The second-order valence-corrected chi connectivity index (χ2v) is 6.54. The van der Waals surface area contributed by atoms with Crippen molar-refractivity contribution in [1.82, 2.24) is 4.98 Å². The van der Waals surface area contributed by atoms with Crippen molar-refractivity contribution in [1.29, 1.82) is 0 Å². The average Bonchev–Trinajstić information content (AvgIpc) is 2.65. The Morgan fingerprint density at radius 2 is 2.08 bits per heavy atom. The Morgan fingerprint density at radius 3 is 2.81 bits per heavy atom. The molecule has 0 amide bonds. The quantitative estimate of drug-likeness (QED) is 0.611. The standard InChI is InChI=1S/C19H16BrFN2O3/c1-26-19(25)17-9-16(13-8-11(20)6-7-15(13)23-17)22-10-18(24)12-4-2-3-5-14(12)21/h2-9,18,24H,10H2,1H3,(H,22,23). The number of esters is 1. The normalized spacial score (nSPS) is 12.0. The molecule has 0 aliphatic carbocycles. The molecule has 0 saturated carbocycles. The van der Waals surface area contributed by atoms with Gasteiger partial charge in [0.2, 0.25) is 0 Å². The summed E-state index contributed by atoms with van der Waals surface area (Å²) < 4.78 is 19.4. The number of carbonyl (C=O) groups excluding carboxylic acids is 1. The monoisotopic (exact) mass is 418 g/mol. The van der Waals surface area contributed by atoms with Crippen molar-refractivity contribution in [3.63, 3.8) is 0 Å². The van der Waals surface area contributed by atoms with E-state index in [0.29, 0.717) is 11.2 Å². The summed E-state index contributed by atoms with van der Waals surface area (Å²) in [6.07, 6.45) is -1.05. The first kappa shape index (κ1) is 18.3. The van der Waals surface area contributed by atoms with Crippen LogP contribution in [0.5, 0.6) is 0 Å². The van der Waals surface area contributed by atoms with Gasteiger partial charge in [-0.05, 0) is 30.3 Å². The topological polar surface area (TPSA) is 71.5 Å². The first-order valence-electron chi connectivity index (χ1n) is 7.84. The molecule has 1 aromatic heterocycles. The summed E-state index contributed by atoms with van der Waals surface area (Å²) in [5.74, 6) is -1.04. The molecule has 3 aromatic rings. The number of nitrogens with one attached hydrogen (secondary N) is 1. The average molecular weight is 419 g/mol. The molecule has 0 saturated heterocycles. The number of aliphatic hydroxyl groups excluding tert-OH is 1. The number of hydrogen-bond donors (Lipinski definition) is 2. The molecule has 1 heterocycles. The fourth-order valence-electron chi connectivity index (χ4n) is 2.62. The number of ether oxygens (including phenoxy) is 1. The maximum atomic E-state index is 13.8.